The second-order valence-electron chi connectivity index (χ2n) is 9.69. The second-order valence-corrected chi connectivity index (χ2v) is 11.4. The molecule has 2 aliphatic rings. The van der Waals surface area contributed by atoms with Gasteiger partial charge >= 0.3 is 5.69 Å². The summed E-state index contributed by atoms with van der Waals surface area (Å²) in [5.74, 6) is 1.15. The maximum atomic E-state index is 12.9. The minimum Gasteiger partial charge on any atom is -0.325 e. The molecule has 184 valence electrons. The Hall–Kier alpha value is -3.24. The first kappa shape index (κ1) is 23.5. The lowest BCUT2D eigenvalue weighted by Gasteiger charge is -2.28. The van der Waals surface area contributed by atoms with Crippen molar-refractivity contribution >= 4 is 32.5 Å². The van der Waals surface area contributed by atoms with E-state index in [9.17, 15) is 22.8 Å². The summed E-state index contributed by atoms with van der Waals surface area (Å²) in [5, 5.41) is 2.92. The number of H-pyrrole nitrogens is 1. The number of anilines is 1. The minimum absolute atomic E-state index is 0.118. The first-order valence-electron chi connectivity index (χ1n) is 11.9. The number of amides is 1. The molecule has 2 aliphatic carbocycles. The maximum absolute atomic E-state index is 12.9. The van der Waals surface area contributed by atoms with Crippen molar-refractivity contribution in [3.63, 3.8) is 0 Å². The molecule has 5 rings (SSSR count). The number of hydrogen-bond donors (Lipinski definition) is 3. The number of carbonyl (C=O) groups excluding carboxylic acids is 1. The van der Waals surface area contributed by atoms with E-state index in [2.05, 4.69) is 15.0 Å². The number of nitrogens with zero attached hydrogens (tertiary/aromatic N) is 1. The number of fused-ring (bicyclic) bond motifs is 3. The lowest BCUT2D eigenvalue weighted by Crippen LogP contribution is -2.40. The third kappa shape index (κ3) is 4.68. The number of nitrogens with one attached hydrogen (secondary N) is 3. The molecule has 0 saturated heterocycles. The van der Waals surface area contributed by atoms with Gasteiger partial charge in [0.1, 0.15) is 6.54 Å². The van der Waals surface area contributed by atoms with Crippen molar-refractivity contribution in [2.24, 2.45) is 17.8 Å². The standard InChI is InChI=1S/C25H28N4O5S/c1-15(21-13-16-6-7-17(21)12-16)28-35(33,34)19-10-8-18(9-11-19)26-23(30)14-29-24(31)20-4-2-3-5-22(20)27-25(29)32/h2-5,8-11,15-17,21,28H,6-7,12-14H2,1H3,(H,26,30)(H,27,32). The quantitative estimate of drug-likeness (QED) is 0.463. The summed E-state index contributed by atoms with van der Waals surface area (Å²) in [4.78, 5) is 40.1. The van der Waals surface area contributed by atoms with Gasteiger partial charge in [0.15, 0.2) is 0 Å². The average Bonchev–Trinajstić information content (AvgIpc) is 3.46. The highest BCUT2D eigenvalue weighted by molar-refractivity contribution is 7.89. The molecule has 0 spiro atoms. The lowest BCUT2D eigenvalue weighted by atomic mass is 9.84. The number of aromatic nitrogens is 2. The van der Waals surface area contributed by atoms with Crippen LogP contribution in [0.3, 0.4) is 0 Å². The molecule has 2 saturated carbocycles. The molecule has 4 atom stereocenters. The van der Waals surface area contributed by atoms with Gasteiger partial charge in [-0.3, -0.25) is 14.2 Å². The van der Waals surface area contributed by atoms with Crippen LogP contribution in [0.2, 0.25) is 0 Å². The van der Waals surface area contributed by atoms with Gasteiger partial charge in [0.25, 0.3) is 5.56 Å². The predicted octanol–water partition coefficient (Wildman–Crippen LogP) is 2.43. The molecule has 0 aliphatic heterocycles. The van der Waals surface area contributed by atoms with Crippen molar-refractivity contribution in [1.82, 2.24) is 14.3 Å². The summed E-state index contributed by atoms with van der Waals surface area (Å²) in [6.45, 7) is 1.47. The molecule has 35 heavy (non-hydrogen) atoms. The van der Waals surface area contributed by atoms with Gasteiger partial charge in [-0.1, -0.05) is 18.6 Å². The maximum Gasteiger partial charge on any atom is 0.329 e. The van der Waals surface area contributed by atoms with Crippen molar-refractivity contribution in [1.29, 1.82) is 0 Å². The lowest BCUT2D eigenvalue weighted by molar-refractivity contribution is -0.116. The Morgan fingerprint density at radius 1 is 1.09 bits per heavy atom. The van der Waals surface area contributed by atoms with E-state index in [0.717, 1.165) is 16.9 Å². The Kier molecular flexibility index (Phi) is 6.10. The number of hydrogen-bond acceptors (Lipinski definition) is 5. The summed E-state index contributed by atoms with van der Waals surface area (Å²) >= 11 is 0. The summed E-state index contributed by atoms with van der Waals surface area (Å²) in [5.41, 5.74) is -0.475. The van der Waals surface area contributed by atoms with Crippen molar-refractivity contribution in [2.75, 3.05) is 5.32 Å². The molecule has 4 unspecified atom stereocenters. The van der Waals surface area contributed by atoms with Gasteiger partial charge in [-0.25, -0.2) is 17.9 Å². The molecule has 2 bridgehead atoms. The van der Waals surface area contributed by atoms with Gasteiger partial charge in [-0.2, -0.15) is 0 Å². The fourth-order valence-electron chi connectivity index (χ4n) is 5.71. The zero-order valence-corrected chi connectivity index (χ0v) is 20.2. The third-order valence-electron chi connectivity index (χ3n) is 7.42. The second kappa shape index (κ2) is 9.09. The summed E-state index contributed by atoms with van der Waals surface area (Å²) in [7, 11) is -3.69. The number of benzene rings is 2. The van der Waals surface area contributed by atoms with E-state index in [1.165, 1.54) is 43.5 Å². The minimum atomic E-state index is -3.69. The molecule has 0 radical (unpaired) electrons. The highest BCUT2D eigenvalue weighted by Gasteiger charge is 2.42. The van der Waals surface area contributed by atoms with E-state index in [0.29, 0.717) is 28.4 Å². The van der Waals surface area contributed by atoms with Crippen LogP contribution in [-0.4, -0.2) is 29.9 Å². The molecule has 1 amide bonds. The van der Waals surface area contributed by atoms with Crippen molar-refractivity contribution in [3.05, 3.63) is 69.4 Å². The van der Waals surface area contributed by atoms with Crippen LogP contribution >= 0.6 is 0 Å². The Morgan fingerprint density at radius 2 is 1.83 bits per heavy atom. The number of para-hydroxylation sites is 1. The van der Waals surface area contributed by atoms with Crippen LogP contribution in [-0.2, 0) is 21.4 Å². The van der Waals surface area contributed by atoms with Crippen LogP contribution in [0, 0.1) is 17.8 Å². The van der Waals surface area contributed by atoms with Gasteiger partial charge in [0.05, 0.1) is 15.8 Å². The fraction of sp³-hybridized carbons (Fsp3) is 0.400. The molecule has 3 N–H and O–H groups in total. The van der Waals surface area contributed by atoms with Crippen molar-refractivity contribution in [2.45, 2.75) is 50.1 Å². The molecule has 10 heteroatoms. The highest BCUT2D eigenvalue weighted by atomic mass is 32.2. The Labute approximate surface area is 202 Å². The predicted molar refractivity (Wildman–Crippen MR) is 133 cm³/mol. The van der Waals surface area contributed by atoms with Crippen LogP contribution in [0.5, 0.6) is 0 Å². The van der Waals surface area contributed by atoms with Gasteiger partial charge in [0.2, 0.25) is 15.9 Å². The number of carbonyl (C=O) groups is 1. The van der Waals surface area contributed by atoms with Crippen molar-refractivity contribution in [3.8, 4) is 0 Å². The van der Waals surface area contributed by atoms with E-state index in [-0.39, 0.29) is 10.9 Å². The Bertz CT molecular complexity index is 1490. The van der Waals surface area contributed by atoms with Gasteiger partial charge in [-0.05, 0) is 80.3 Å². The number of sulfonamides is 1. The average molecular weight is 497 g/mol. The fourth-order valence-corrected chi connectivity index (χ4v) is 7.01. The van der Waals surface area contributed by atoms with Crippen LogP contribution in [0.4, 0.5) is 5.69 Å². The zero-order chi connectivity index (χ0) is 24.7. The first-order valence-corrected chi connectivity index (χ1v) is 13.3. The van der Waals surface area contributed by atoms with Crippen LogP contribution < -0.4 is 21.3 Å². The molecule has 1 aromatic heterocycles. The van der Waals surface area contributed by atoms with E-state index in [1.54, 1.807) is 24.3 Å². The van der Waals surface area contributed by atoms with Gasteiger partial charge in [-0.15, -0.1) is 0 Å². The molecule has 1 heterocycles. The molecule has 9 nitrogen and oxygen atoms in total. The zero-order valence-electron chi connectivity index (χ0n) is 19.4. The molecule has 2 fully saturated rings. The normalized spacial score (nSPS) is 22.4. The van der Waals surface area contributed by atoms with Crippen LogP contribution in [0.1, 0.15) is 32.6 Å². The molecular formula is C25H28N4O5S. The number of aromatic amines is 1. The third-order valence-corrected chi connectivity index (χ3v) is 8.99. The Balaban J connectivity index is 1.24. The van der Waals surface area contributed by atoms with E-state index in [1.807, 2.05) is 6.92 Å². The van der Waals surface area contributed by atoms with E-state index < -0.39 is 33.7 Å². The van der Waals surface area contributed by atoms with Gasteiger partial charge < -0.3 is 10.3 Å². The molecule has 3 aromatic rings. The molecule has 2 aromatic carbocycles. The first-order chi connectivity index (χ1) is 16.7. The monoisotopic (exact) mass is 496 g/mol. The smallest absolute Gasteiger partial charge is 0.325 e. The SMILES string of the molecule is CC(NS(=O)(=O)c1ccc(NC(=O)Cn2c(=O)[nH]c3ccccc3c2=O)cc1)C1CC2CCC1C2. The van der Waals surface area contributed by atoms with Crippen LogP contribution in [0.25, 0.3) is 10.9 Å². The Morgan fingerprint density at radius 3 is 2.51 bits per heavy atom. The van der Waals surface area contributed by atoms with Gasteiger partial charge in [0, 0.05) is 11.7 Å². The largest absolute Gasteiger partial charge is 0.329 e. The molecular weight excluding hydrogens is 468 g/mol. The highest BCUT2D eigenvalue weighted by Crippen LogP contribution is 2.49. The topological polar surface area (TPSA) is 130 Å². The van der Waals surface area contributed by atoms with Crippen LogP contribution in [0.15, 0.2) is 63.0 Å². The summed E-state index contributed by atoms with van der Waals surface area (Å²) in [6.07, 6.45) is 4.75. The summed E-state index contributed by atoms with van der Waals surface area (Å²) in [6, 6.07) is 12.3. The summed E-state index contributed by atoms with van der Waals surface area (Å²) < 4.78 is 29.4. The van der Waals surface area contributed by atoms with E-state index in [4.69, 9.17) is 0 Å². The number of rotatable bonds is 7. The van der Waals surface area contributed by atoms with Crippen molar-refractivity contribution < 1.29 is 13.2 Å². The van der Waals surface area contributed by atoms with E-state index >= 15 is 0 Å².